The number of pyridine rings is 1. The molecule has 15 heteroatoms. The van der Waals surface area contributed by atoms with Gasteiger partial charge in [0.1, 0.15) is 17.9 Å². The summed E-state index contributed by atoms with van der Waals surface area (Å²) in [6.45, 7) is 2.49. The van der Waals surface area contributed by atoms with E-state index in [-0.39, 0.29) is 41.6 Å². The molecule has 0 atom stereocenters. The number of ether oxygens (including phenoxy) is 1. The minimum atomic E-state index is -5.04. The molecule has 248 valence electrons. The zero-order chi connectivity index (χ0) is 33.7. The predicted molar refractivity (Wildman–Crippen MR) is 158 cm³/mol. The number of carboxylic acid groups (broad SMARTS) is 1. The number of hydrogen-bond donors (Lipinski definition) is 1. The molecule has 1 aliphatic heterocycles. The highest BCUT2D eigenvalue weighted by atomic mass is 32.1. The largest absolute Gasteiger partial charge is 0.488 e. The van der Waals surface area contributed by atoms with Crippen molar-refractivity contribution in [2.45, 2.75) is 57.5 Å². The number of alkyl halides is 6. The first-order valence-corrected chi connectivity index (χ1v) is 15.6. The lowest BCUT2D eigenvalue weighted by Crippen LogP contribution is -2.38. The quantitative estimate of drug-likeness (QED) is 0.192. The molecule has 4 heterocycles. The van der Waals surface area contributed by atoms with Crippen molar-refractivity contribution >= 4 is 23.2 Å². The summed E-state index contributed by atoms with van der Waals surface area (Å²) >= 11 is 1.23. The monoisotopic (exact) mass is 678 g/mol. The number of rotatable bonds is 8. The van der Waals surface area contributed by atoms with Crippen molar-refractivity contribution in [1.29, 1.82) is 0 Å². The molecular weight excluding hydrogens is 650 g/mol. The van der Waals surface area contributed by atoms with Crippen LogP contribution in [0, 0.1) is 12.8 Å². The molecule has 6 rings (SSSR count). The number of piperidine rings is 1. The standard InChI is InChI=1S/C32H28F6N4O4S/c1-17-13-21(27(47-17)24-3-2-4-26(40-24)42-28(32(36,37)38)22(15-39-42)30(44)45)16-46-25-8-7-20(14-23(25)31(33,34)35)18-9-11-41(12-10-18)29(43)19-5-6-19/h2-4,7-8,13-15,18-19H,5-6,9-12,16H2,1H3,(H,44,45). The zero-order valence-corrected chi connectivity index (χ0v) is 25.7. The van der Waals surface area contributed by atoms with Crippen LogP contribution in [0.2, 0.25) is 0 Å². The highest BCUT2D eigenvalue weighted by Crippen LogP contribution is 2.42. The maximum absolute atomic E-state index is 14.2. The maximum atomic E-state index is 14.2. The van der Waals surface area contributed by atoms with E-state index in [1.165, 1.54) is 35.6 Å². The van der Waals surface area contributed by atoms with Gasteiger partial charge in [0, 0.05) is 29.4 Å². The van der Waals surface area contributed by atoms with Crippen molar-refractivity contribution in [3.8, 4) is 22.1 Å². The number of aromatic carboxylic acids is 1. The van der Waals surface area contributed by atoms with Gasteiger partial charge in [0.25, 0.3) is 0 Å². The van der Waals surface area contributed by atoms with Crippen molar-refractivity contribution in [3.63, 3.8) is 0 Å². The molecule has 47 heavy (non-hydrogen) atoms. The highest BCUT2D eigenvalue weighted by Gasteiger charge is 2.41. The van der Waals surface area contributed by atoms with Crippen LogP contribution < -0.4 is 4.74 Å². The van der Waals surface area contributed by atoms with Crippen LogP contribution in [-0.4, -0.2) is 49.7 Å². The third-order valence-corrected chi connectivity index (χ3v) is 9.40. The van der Waals surface area contributed by atoms with E-state index >= 15 is 0 Å². The minimum Gasteiger partial charge on any atom is -0.488 e. The van der Waals surface area contributed by atoms with Crippen LogP contribution in [0.5, 0.6) is 5.75 Å². The van der Waals surface area contributed by atoms with Gasteiger partial charge >= 0.3 is 18.3 Å². The number of thiophene rings is 1. The lowest BCUT2D eigenvalue weighted by Gasteiger charge is -2.32. The van der Waals surface area contributed by atoms with Crippen LogP contribution in [-0.2, 0) is 23.8 Å². The molecule has 1 saturated carbocycles. The second-order valence-corrected chi connectivity index (χ2v) is 12.9. The first kappa shape index (κ1) is 32.5. The Morgan fingerprint density at radius 3 is 2.36 bits per heavy atom. The number of carbonyl (C=O) groups is 2. The summed E-state index contributed by atoms with van der Waals surface area (Å²) in [6.07, 6.45) is -6.22. The summed E-state index contributed by atoms with van der Waals surface area (Å²) in [6, 6.07) is 9.90. The number of aryl methyl sites for hydroxylation is 1. The Morgan fingerprint density at radius 2 is 1.72 bits per heavy atom. The smallest absolute Gasteiger partial charge is 0.434 e. The van der Waals surface area contributed by atoms with Crippen molar-refractivity contribution in [2.24, 2.45) is 5.92 Å². The molecular formula is C32H28F6N4O4S. The Labute approximate surface area is 268 Å². The van der Waals surface area contributed by atoms with Crippen molar-refractivity contribution in [2.75, 3.05) is 13.1 Å². The summed E-state index contributed by atoms with van der Waals surface area (Å²) in [4.78, 5) is 31.1. The summed E-state index contributed by atoms with van der Waals surface area (Å²) in [5, 5.41) is 12.9. The highest BCUT2D eigenvalue weighted by molar-refractivity contribution is 7.15. The van der Waals surface area contributed by atoms with E-state index in [1.807, 2.05) is 0 Å². The Balaban J connectivity index is 1.23. The molecule has 4 aromatic rings. The molecule has 0 bridgehead atoms. The van der Waals surface area contributed by atoms with E-state index in [0.717, 1.165) is 23.8 Å². The van der Waals surface area contributed by atoms with E-state index in [2.05, 4.69) is 10.1 Å². The van der Waals surface area contributed by atoms with E-state index in [0.29, 0.717) is 52.8 Å². The van der Waals surface area contributed by atoms with Gasteiger partial charge in [-0.25, -0.2) is 14.5 Å². The van der Waals surface area contributed by atoms with Crippen LogP contribution >= 0.6 is 11.3 Å². The Bertz CT molecular complexity index is 1820. The average Bonchev–Trinajstić information content (AvgIpc) is 3.65. The van der Waals surface area contributed by atoms with E-state index < -0.39 is 35.1 Å². The lowest BCUT2D eigenvalue weighted by atomic mass is 9.88. The van der Waals surface area contributed by atoms with Gasteiger partial charge in [-0.2, -0.15) is 31.4 Å². The number of carboxylic acids is 1. The second-order valence-electron chi connectivity index (χ2n) is 11.6. The predicted octanol–water partition coefficient (Wildman–Crippen LogP) is 7.74. The molecule has 1 amide bonds. The molecule has 2 fully saturated rings. The van der Waals surface area contributed by atoms with E-state index in [1.54, 1.807) is 24.0 Å². The Hall–Kier alpha value is -4.40. The van der Waals surface area contributed by atoms with Crippen LogP contribution in [0.1, 0.15) is 69.2 Å². The molecule has 0 unspecified atom stereocenters. The van der Waals surface area contributed by atoms with Crippen molar-refractivity contribution in [1.82, 2.24) is 19.7 Å². The number of benzene rings is 1. The summed E-state index contributed by atoms with van der Waals surface area (Å²) in [5.74, 6) is -2.36. The number of likely N-dealkylation sites (tertiary alicyclic amines) is 1. The maximum Gasteiger partial charge on any atom is 0.434 e. The van der Waals surface area contributed by atoms with Crippen LogP contribution in [0.25, 0.3) is 16.4 Å². The van der Waals surface area contributed by atoms with Gasteiger partial charge in [-0.1, -0.05) is 12.1 Å². The minimum absolute atomic E-state index is 0.0951. The summed E-state index contributed by atoms with van der Waals surface area (Å²) in [5.41, 5.74) is -2.26. The number of carbonyl (C=O) groups excluding carboxylic acids is 1. The molecule has 8 nitrogen and oxygen atoms in total. The fraction of sp³-hybridized carbons (Fsp3) is 0.375. The molecule has 0 radical (unpaired) electrons. The summed E-state index contributed by atoms with van der Waals surface area (Å²) < 4.78 is 90.3. The van der Waals surface area contributed by atoms with Gasteiger partial charge in [-0.05, 0) is 74.4 Å². The SMILES string of the molecule is Cc1cc(COc2ccc(C3CCN(C(=O)C4CC4)CC3)cc2C(F)(F)F)c(-c2cccc(-n3ncc(C(=O)O)c3C(F)(F)F)n2)s1. The van der Waals surface area contributed by atoms with Crippen LogP contribution in [0.3, 0.4) is 0 Å². The van der Waals surface area contributed by atoms with Crippen molar-refractivity contribution < 1.29 is 45.8 Å². The molecule has 1 saturated heterocycles. The Morgan fingerprint density at radius 1 is 1.00 bits per heavy atom. The van der Waals surface area contributed by atoms with Gasteiger partial charge in [-0.3, -0.25) is 4.79 Å². The fourth-order valence-corrected chi connectivity index (χ4v) is 6.83. The Kier molecular flexibility index (Phi) is 8.53. The zero-order valence-electron chi connectivity index (χ0n) is 24.9. The number of aromatic nitrogens is 3. The van der Waals surface area contributed by atoms with Crippen molar-refractivity contribution in [3.05, 3.63) is 81.5 Å². The van der Waals surface area contributed by atoms with E-state index in [9.17, 15) is 41.0 Å². The number of amides is 1. The molecule has 2 aliphatic rings. The fourth-order valence-electron chi connectivity index (χ4n) is 5.84. The topological polar surface area (TPSA) is 97.6 Å². The summed E-state index contributed by atoms with van der Waals surface area (Å²) in [7, 11) is 0. The van der Waals surface area contributed by atoms with Gasteiger partial charge in [0.05, 0.1) is 22.3 Å². The van der Waals surface area contributed by atoms with Gasteiger partial charge in [0.15, 0.2) is 11.5 Å². The average molecular weight is 679 g/mol. The molecule has 1 N–H and O–H groups in total. The van der Waals surface area contributed by atoms with E-state index in [4.69, 9.17) is 4.74 Å². The van der Waals surface area contributed by atoms with Gasteiger partial charge in [0.2, 0.25) is 5.91 Å². The molecule has 0 spiro atoms. The molecule has 1 aromatic carbocycles. The normalized spacial score (nSPS) is 16.0. The third-order valence-electron chi connectivity index (χ3n) is 8.28. The number of nitrogens with zero attached hydrogens (tertiary/aromatic N) is 4. The third kappa shape index (κ3) is 6.85. The first-order valence-electron chi connectivity index (χ1n) is 14.8. The molecule has 3 aromatic heterocycles. The first-order chi connectivity index (χ1) is 22.2. The van der Waals surface area contributed by atoms with Crippen LogP contribution in [0.4, 0.5) is 26.3 Å². The van der Waals surface area contributed by atoms with Crippen LogP contribution in [0.15, 0.2) is 48.7 Å². The number of hydrogen-bond acceptors (Lipinski definition) is 6. The number of halogens is 6. The second kappa shape index (κ2) is 12.3. The van der Waals surface area contributed by atoms with Gasteiger partial charge in [-0.15, -0.1) is 11.3 Å². The van der Waals surface area contributed by atoms with Gasteiger partial charge < -0.3 is 14.7 Å². The molecule has 1 aliphatic carbocycles. The lowest BCUT2D eigenvalue weighted by molar-refractivity contribution is -0.143.